The Bertz CT molecular complexity index is 699. The number of hydrogen-bond donors (Lipinski definition) is 2. The number of hydrogen-bond acceptors (Lipinski definition) is 8. The molecule has 0 unspecified atom stereocenters. The van der Waals surface area contributed by atoms with Crippen molar-refractivity contribution < 1.29 is 19.4 Å². The molecule has 0 saturated carbocycles. The van der Waals surface area contributed by atoms with Gasteiger partial charge in [-0.15, -0.1) is 23.1 Å². The lowest BCUT2D eigenvalue weighted by Gasteiger charge is -2.03. The first-order valence-corrected chi connectivity index (χ1v) is 7.58. The average Bonchev–Trinajstić information content (AvgIpc) is 2.78. The summed E-state index contributed by atoms with van der Waals surface area (Å²) in [6, 6.07) is 0. The van der Waals surface area contributed by atoms with Crippen molar-refractivity contribution in [3.05, 3.63) is 10.7 Å². The monoisotopic (exact) mass is 313 g/mol. The summed E-state index contributed by atoms with van der Waals surface area (Å²) in [4.78, 5) is 30.8. The Morgan fingerprint density at radius 1 is 1.45 bits per heavy atom. The van der Waals surface area contributed by atoms with E-state index in [0.29, 0.717) is 9.60 Å². The highest BCUT2D eigenvalue weighted by Gasteiger charge is 2.23. The van der Waals surface area contributed by atoms with Crippen molar-refractivity contribution in [3.8, 4) is 0 Å². The smallest absolute Gasteiger partial charge is 0.376 e. The Balaban J connectivity index is 2.72. The Hall–Kier alpha value is -1.87. The highest BCUT2D eigenvalue weighted by Crippen LogP contribution is 2.38. The molecule has 0 saturated heterocycles. The standard InChI is InChI=1S/C11H11N3O4S2/c1-3-18-10(17)8-13-5-4(7(12)14-8)11(19-2)20-6(5)9(15)16/h3H2,1-2H3,(H,15,16)(H2,12,13,14). The van der Waals surface area contributed by atoms with Crippen LogP contribution in [-0.2, 0) is 4.74 Å². The van der Waals surface area contributed by atoms with Crippen molar-refractivity contribution in [3.63, 3.8) is 0 Å². The summed E-state index contributed by atoms with van der Waals surface area (Å²) in [5.74, 6) is -2.00. The summed E-state index contributed by atoms with van der Waals surface area (Å²) < 4.78 is 5.50. The van der Waals surface area contributed by atoms with E-state index in [9.17, 15) is 14.7 Å². The Kier molecular flexibility index (Phi) is 4.09. The lowest BCUT2D eigenvalue weighted by atomic mass is 10.3. The molecule has 20 heavy (non-hydrogen) atoms. The first-order valence-electron chi connectivity index (χ1n) is 5.54. The van der Waals surface area contributed by atoms with E-state index in [1.54, 1.807) is 13.2 Å². The van der Waals surface area contributed by atoms with E-state index in [1.165, 1.54) is 11.8 Å². The van der Waals surface area contributed by atoms with Crippen molar-refractivity contribution >= 4 is 51.8 Å². The van der Waals surface area contributed by atoms with E-state index in [0.717, 1.165) is 11.3 Å². The van der Waals surface area contributed by atoms with Gasteiger partial charge in [0.1, 0.15) is 16.2 Å². The molecule has 0 amide bonds. The molecule has 2 heterocycles. The Morgan fingerprint density at radius 3 is 2.70 bits per heavy atom. The van der Waals surface area contributed by atoms with Gasteiger partial charge in [-0.1, -0.05) is 0 Å². The van der Waals surface area contributed by atoms with Gasteiger partial charge in [0.25, 0.3) is 0 Å². The molecule has 0 aromatic carbocycles. The van der Waals surface area contributed by atoms with Crippen LogP contribution in [0.5, 0.6) is 0 Å². The van der Waals surface area contributed by atoms with Gasteiger partial charge in [0, 0.05) is 0 Å². The van der Waals surface area contributed by atoms with Gasteiger partial charge in [0.2, 0.25) is 5.82 Å². The molecule has 0 atom stereocenters. The van der Waals surface area contributed by atoms with Crippen LogP contribution in [0, 0.1) is 0 Å². The fourth-order valence-electron chi connectivity index (χ4n) is 1.61. The third-order valence-electron chi connectivity index (χ3n) is 2.39. The number of thiophene rings is 1. The number of anilines is 1. The molecule has 3 N–H and O–H groups in total. The summed E-state index contributed by atoms with van der Waals surface area (Å²) in [6.45, 7) is 1.82. The van der Waals surface area contributed by atoms with Crippen molar-refractivity contribution in [2.24, 2.45) is 0 Å². The Labute approximate surface area is 122 Å². The van der Waals surface area contributed by atoms with Crippen LogP contribution < -0.4 is 5.73 Å². The highest BCUT2D eigenvalue weighted by atomic mass is 32.2. The number of ether oxygens (including phenoxy) is 1. The number of carbonyl (C=O) groups is 2. The second-order valence-corrected chi connectivity index (χ2v) is 5.70. The molecule has 9 heteroatoms. The van der Waals surface area contributed by atoms with Crippen molar-refractivity contribution in [1.29, 1.82) is 0 Å². The predicted octanol–water partition coefficient (Wildman–Crippen LogP) is 1.87. The third kappa shape index (κ3) is 2.41. The van der Waals surface area contributed by atoms with E-state index < -0.39 is 11.9 Å². The van der Waals surface area contributed by atoms with E-state index in [4.69, 9.17) is 10.5 Å². The number of carboxylic acid groups (broad SMARTS) is 1. The molecule has 2 aromatic rings. The number of aromatic nitrogens is 2. The number of rotatable bonds is 4. The number of carbonyl (C=O) groups excluding carboxylic acids is 1. The van der Waals surface area contributed by atoms with Crippen LogP contribution in [0.25, 0.3) is 10.9 Å². The van der Waals surface area contributed by atoms with Gasteiger partial charge in [-0.2, -0.15) is 0 Å². The Morgan fingerprint density at radius 2 is 2.15 bits per heavy atom. The second kappa shape index (κ2) is 5.63. The number of esters is 1. The number of nitrogens with zero attached hydrogens (tertiary/aromatic N) is 2. The van der Waals surface area contributed by atoms with Gasteiger partial charge < -0.3 is 15.6 Å². The van der Waals surface area contributed by atoms with Gasteiger partial charge in [-0.05, 0) is 13.2 Å². The molecular formula is C11H11N3O4S2. The quantitative estimate of drug-likeness (QED) is 0.649. The molecule has 0 aliphatic carbocycles. The summed E-state index contributed by atoms with van der Waals surface area (Å²) in [5.41, 5.74) is 5.99. The first-order chi connectivity index (χ1) is 9.49. The molecule has 0 radical (unpaired) electrons. The summed E-state index contributed by atoms with van der Waals surface area (Å²) in [6.07, 6.45) is 1.80. The lowest BCUT2D eigenvalue weighted by molar-refractivity contribution is 0.0512. The minimum atomic E-state index is -1.12. The van der Waals surface area contributed by atoms with Crippen LogP contribution >= 0.6 is 23.1 Å². The number of carboxylic acids is 1. The summed E-state index contributed by atoms with van der Waals surface area (Å²) in [7, 11) is 0. The molecule has 0 spiro atoms. The molecule has 2 rings (SSSR count). The van der Waals surface area contributed by atoms with Crippen LogP contribution in [0.2, 0.25) is 0 Å². The number of aromatic carboxylic acids is 1. The SMILES string of the molecule is CCOC(=O)c1nc(N)c2c(SC)sc(C(=O)O)c2n1. The molecule has 0 bridgehead atoms. The third-order valence-corrected chi connectivity index (χ3v) is 4.68. The minimum Gasteiger partial charge on any atom is -0.477 e. The molecule has 7 nitrogen and oxygen atoms in total. The molecule has 0 fully saturated rings. The maximum absolute atomic E-state index is 11.6. The molecule has 106 valence electrons. The largest absolute Gasteiger partial charge is 0.477 e. The van der Waals surface area contributed by atoms with E-state index in [1.807, 2.05) is 0 Å². The van der Waals surface area contributed by atoms with Gasteiger partial charge in [0.05, 0.1) is 16.2 Å². The first kappa shape index (κ1) is 14.5. The maximum Gasteiger partial charge on any atom is 0.376 e. The summed E-state index contributed by atoms with van der Waals surface area (Å²) >= 11 is 2.41. The van der Waals surface area contributed by atoms with Gasteiger partial charge >= 0.3 is 11.9 Å². The van der Waals surface area contributed by atoms with Gasteiger partial charge in [-0.25, -0.2) is 19.6 Å². The zero-order valence-electron chi connectivity index (χ0n) is 10.7. The average molecular weight is 313 g/mol. The topological polar surface area (TPSA) is 115 Å². The summed E-state index contributed by atoms with van der Waals surface area (Å²) in [5, 5.41) is 9.66. The zero-order valence-corrected chi connectivity index (χ0v) is 12.3. The van der Waals surface area contributed by atoms with E-state index >= 15 is 0 Å². The predicted molar refractivity (Wildman–Crippen MR) is 76.5 cm³/mol. The number of nitrogens with two attached hydrogens (primary N) is 1. The van der Waals surface area contributed by atoms with E-state index in [-0.39, 0.29) is 28.6 Å². The fraction of sp³-hybridized carbons (Fsp3) is 0.273. The van der Waals surface area contributed by atoms with E-state index in [2.05, 4.69) is 9.97 Å². The van der Waals surface area contributed by atoms with Crippen LogP contribution in [0.3, 0.4) is 0 Å². The van der Waals surface area contributed by atoms with Gasteiger partial charge in [0.15, 0.2) is 0 Å². The van der Waals surface area contributed by atoms with Crippen molar-refractivity contribution in [2.75, 3.05) is 18.6 Å². The lowest BCUT2D eigenvalue weighted by Crippen LogP contribution is -2.11. The highest BCUT2D eigenvalue weighted by molar-refractivity contribution is 8.00. The molecule has 2 aromatic heterocycles. The van der Waals surface area contributed by atoms with Crippen molar-refractivity contribution in [2.45, 2.75) is 11.1 Å². The van der Waals surface area contributed by atoms with Crippen molar-refractivity contribution in [1.82, 2.24) is 9.97 Å². The number of nitrogen functional groups attached to an aromatic ring is 1. The number of fused-ring (bicyclic) bond motifs is 1. The molecular weight excluding hydrogens is 302 g/mol. The van der Waals surface area contributed by atoms with Gasteiger partial charge in [-0.3, -0.25) is 0 Å². The maximum atomic E-state index is 11.6. The second-order valence-electron chi connectivity index (χ2n) is 3.60. The van der Waals surface area contributed by atoms with Crippen LogP contribution in [0.15, 0.2) is 4.21 Å². The minimum absolute atomic E-state index is 0.0315. The van der Waals surface area contributed by atoms with Crippen LogP contribution in [0.1, 0.15) is 27.2 Å². The fourth-order valence-corrected chi connectivity index (χ4v) is 3.42. The zero-order chi connectivity index (χ0) is 14.9. The van der Waals surface area contributed by atoms with Crippen LogP contribution in [0.4, 0.5) is 5.82 Å². The molecule has 0 aliphatic rings. The number of thioether (sulfide) groups is 1. The molecule has 0 aliphatic heterocycles. The normalized spacial score (nSPS) is 10.7. The van der Waals surface area contributed by atoms with Crippen LogP contribution in [-0.4, -0.2) is 39.9 Å².